The Morgan fingerprint density at radius 2 is 1.06 bits per heavy atom. The number of para-hydroxylation sites is 1. The second-order valence-corrected chi connectivity index (χ2v) is 9.54. The summed E-state index contributed by atoms with van der Waals surface area (Å²) in [6, 6.07) is 44.6. The van der Waals surface area contributed by atoms with Crippen LogP contribution in [0.3, 0.4) is 0 Å². The fraction of sp³-hybridized carbons (Fsp3) is 0. The molecule has 170 valence electrons. The first kappa shape index (κ1) is 21.0. The Morgan fingerprint density at radius 3 is 1.86 bits per heavy atom. The highest BCUT2D eigenvalue weighted by molar-refractivity contribution is 6.30. The van der Waals surface area contributed by atoms with Crippen molar-refractivity contribution in [2.45, 2.75) is 0 Å². The van der Waals surface area contributed by atoms with Gasteiger partial charge in [-0.2, -0.15) is 0 Å². The Kier molecular flexibility index (Phi) is 4.90. The van der Waals surface area contributed by atoms with Crippen LogP contribution in [-0.4, -0.2) is 0 Å². The molecule has 7 rings (SSSR count). The van der Waals surface area contributed by atoms with Gasteiger partial charge >= 0.3 is 0 Å². The van der Waals surface area contributed by atoms with E-state index in [0.29, 0.717) is 0 Å². The minimum Gasteiger partial charge on any atom is -0.456 e. The topological polar surface area (TPSA) is 13.1 Å². The first-order valence-corrected chi connectivity index (χ1v) is 12.4. The summed E-state index contributed by atoms with van der Waals surface area (Å²) in [5.74, 6) is 0. The molecule has 36 heavy (non-hydrogen) atoms. The maximum absolute atomic E-state index is 6.24. The lowest BCUT2D eigenvalue weighted by Crippen LogP contribution is -1.88. The lowest BCUT2D eigenvalue weighted by Gasteiger charge is -2.15. The molecule has 0 aliphatic rings. The monoisotopic (exact) mass is 480 g/mol. The molecular weight excluding hydrogens is 460 g/mol. The van der Waals surface area contributed by atoms with Gasteiger partial charge in [-0.1, -0.05) is 109 Å². The summed E-state index contributed by atoms with van der Waals surface area (Å²) in [7, 11) is 0. The highest BCUT2D eigenvalue weighted by Crippen LogP contribution is 2.41. The molecule has 0 radical (unpaired) electrons. The molecule has 1 heterocycles. The molecule has 0 spiro atoms. The second-order valence-electron chi connectivity index (χ2n) is 9.10. The highest BCUT2D eigenvalue weighted by atomic mass is 35.5. The Hall–Kier alpha value is -4.33. The van der Waals surface area contributed by atoms with Crippen molar-refractivity contribution in [3.05, 3.63) is 132 Å². The van der Waals surface area contributed by atoms with Gasteiger partial charge in [-0.15, -0.1) is 0 Å². The molecule has 0 aliphatic carbocycles. The van der Waals surface area contributed by atoms with Gasteiger partial charge in [0.05, 0.1) is 0 Å². The van der Waals surface area contributed by atoms with Crippen LogP contribution in [0.1, 0.15) is 0 Å². The van der Waals surface area contributed by atoms with Gasteiger partial charge in [0.2, 0.25) is 0 Å². The van der Waals surface area contributed by atoms with Gasteiger partial charge in [-0.3, -0.25) is 0 Å². The van der Waals surface area contributed by atoms with Crippen LogP contribution in [0, 0.1) is 0 Å². The molecule has 0 unspecified atom stereocenters. The molecule has 1 aromatic heterocycles. The number of hydrogen-bond donors (Lipinski definition) is 0. The third-order valence-corrected chi connectivity index (χ3v) is 7.22. The van der Waals surface area contributed by atoms with Crippen molar-refractivity contribution in [1.82, 2.24) is 0 Å². The Balaban J connectivity index is 1.41. The number of hydrogen-bond acceptors (Lipinski definition) is 1. The summed E-state index contributed by atoms with van der Waals surface area (Å²) in [5.41, 5.74) is 8.89. The van der Waals surface area contributed by atoms with Crippen LogP contribution in [0.4, 0.5) is 0 Å². The first-order valence-electron chi connectivity index (χ1n) is 12.0. The van der Waals surface area contributed by atoms with Crippen LogP contribution in [-0.2, 0) is 0 Å². The Morgan fingerprint density at radius 1 is 0.444 bits per heavy atom. The summed E-state index contributed by atoms with van der Waals surface area (Å²) >= 11 is 6.08. The van der Waals surface area contributed by atoms with E-state index in [-0.39, 0.29) is 0 Å². The molecule has 0 atom stereocenters. The van der Waals surface area contributed by atoms with Crippen molar-refractivity contribution in [3.8, 4) is 33.4 Å². The van der Waals surface area contributed by atoms with Crippen molar-refractivity contribution in [1.29, 1.82) is 0 Å². The molecular formula is C34H21ClO. The van der Waals surface area contributed by atoms with E-state index in [9.17, 15) is 0 Å². The largest absolute Gasteiger partial charge is 0.456 e. The Labute approximate surface area is 214 Å². The second kappa shape index (κ2) is 8.41. The van der Waals surface area contributed by atoms with E-state index < -0.39 is 0 Å². The standard InChI is InChI=1S/C34H21ClO/c35-27-17-13-23(14-18-27)22-9-11-25(12-10-22)29-19-15-24-5-1-2-6-28(24)34(29)26-16-20-31-30-7-3-4-8-32(30)36-33(31)21-26/h1-21H. The fourth-order valence-corrected chi connectivity index (χ4v) is 5.32. The molecule has 0 N–H and O–H groups in total. The fourth-order valence-electron chi connectivity index (χ4n) is 5.19. The van der Waals surface area contributed by atoms with Gasteiger partial charge in [-0.05, 0) is 74.5 Å². The van der Waals surface area contributed by atoms with E-state index in [1.54, 1.807) is 0 Å². The molecule has 0 bridgehead atoms. The number of halogens is 1. The molecule has 0 fully saturated rings. The van der Waals surface area contributed by atoms with E-state index in [0.717, 1.165) is 38.1 Å². The number of fused-ring (bicyclic) bond motifs is 4. The molecule has 1 nitrogen and oxygen atoms in total. The van der Waals surface area contributed by atoms with Crippen LogP contribution >= 0.6 is 11.6 Å². The minimum absolute atomic E-state index is 0.748. The maximum Gasteiger partial charge on any atom is 0.136 e. The summed E-state index contributed by atoms with van der Waals surface area (Å²) in [5, 5.41) is 5.49. The van der Waals surface area contributed by atoms with Crippen LogP contribution in [0.5, 0.6) is 0 Å². The van der Waals surface area contributed by atoms with Crippen LogP contribution in [0.15, 0.2) is 132 Å². The zero-order chi connectivity index (χ0) is 24.1. The van der Waals surface area contributed by atoms with Gasteiger partial charge in [-0.25, -0.2) is 0 Å². The average molecular weight is 481 g/mol. The van der Waals surface area contributed by atoms with Crippen molar-refractivity contribution >= 4 is 44.3 Å². The predicted octanol–water partition coefficient (Wildman–Crippen LogP) is 10.4. The quantitative estimate of drug-likeness (QED) is 0.245. The smallest absolute Gasteiger partial charge is 0.136 e. The summed E-state index contributed by atoms with van der Waals surface area (Å²) in [4.78, 5) is 0. The predicted molar refractivity (Wildman–Crippen MR) is 153 cm³/mol. The lowest BCUT2D eigenvalue weighted by atomic mass is 9.89. The number of rotatable bonds is 3. The van der Waals surface area contributed by atoms with Gasteiger partial charge in [0.25, 0.3) is 0 Å². The van der Waals surface area contributed by atoms with Crippen LogP contribution < -0.4 is 0 Å². The van der Waals surface area contributed by atoms with E-state index in [1.165, 1.54) is 33.0 Å². The van der Waals surface area contributed by atoms with E-state index in [2.05, 4.69) is 103 Å². The summed E-state index contributed by atoms with van der Waals surface area (Å²) < 4.78 is 6.24. The first-order chi connectivity index (χ1) is 17.7. The van der Waals surface area contributed by atoms with Crippen molar-refractivity contribution < 1.29 is 4.42 Å². The average Bonchev–Trinajstić information content (AvgIpc) is 3.31. The number of furan rings is 1. The zero-order valence-electron chi connectivity index (χ0n) is 19.4. The molecule has 0 saturated heterocycles. The molecule has 6 aromatic carbocycles. The minimum atomic E-state index is 0.748. The third kappa shape index (κ3) is 3.48. The SMILES string of the molecule is Clc1ccc(-c2ccc(-c3ccc4ccccc4c3-c3ccc4c(c3)oc3ccccc34)cc2)cc1. The van der Waals surface area contributed by atoms with E-state index in [4.69, 9.17) is 16.0 Å². The zero-order valence-corrected chi connectivity index (χ0v) is 20.2. The van der Waals surface area contributed by atoms with Crippen molar-refractivity contribution in [2.24, 2.45) is 0 Å². The van der Waals surface area contributed by atoms with E-state index >= 15 is 0 Å². The van der Waals surface area contributed by atoms with E-state index in [1.807, 2.05) is 24.3 Å². The van der Waals surface area contributed by atoms with Crippen LogP contribution in [0.25, 0.3) is 66.1 Å². The summed E-state index contributed by atoms with van der Waals surface area (Å²) in [6.45, 7) is 0. The van der Waals surface area contributed by atoms with Crippen molar-refractivity contribution in [2.75, 3.05) is 0 Å². The normalized spacial score (nSPS) is 11.5. The van der Waals surface area contributed by atoms with Gasteiger partial charge in [0, 0.05) is 15.8 Å². The molecule has 2 heteroatoms. The van der Waals surface area contributed by atoms with Crippen LogP contribution in [0.2, 0.25) is 5.02 Å². The summed E-state index contributed by atoms with van der Waals surface area (Å²) in [6.07, 6.45) is 0. The number of benzene rings is 6. The molecule has 7 aromatic rings. The van der Waals surface area contributed by atoms with Crippen molar-refractivity contribution in [3.63, 3.8) is 0 Å². The van der Waals surface area contributed by atoms with Gasteiger partial charge < -0.3 is 4.42 Å². The third-order valence-electron chi connectivity index (χ3n) is 6.97. The lowest BCUT2D eigenvalue weighted by molar-refractivity contribution is 0.669. The molecule has 0 aliphatic heterocycles. The molecule has 0 amide bonds. The molecule has 0 saturated carbocycles. The maximum atomic E-state index is 6.24. The Bertz CT molecular complexity index is 1880. The highest BCUT2D eigenvalue weighted by Gasteiger charge is 2.15. The van der Waals surface area contributed by atoms with Gasteiger partial charge in [0.1, 0.15) is 11.2 Å². The van der Waals surface area contributed by atoms with Gasteiger partial charge in [0.15, 0.2) is 0 Å².